The summed E-state index contributed by atoms with van der Waals surface area (Å²) in [5.41, 5.74) is 0. The molecule has 2 N–H and O–H groups in total. The van der Waals surface area contributed by atoms with Gasteiger partial charge >= 0.3 is 5.97 Å². The minimum atomic E-state index is -1.24. The second kappa shape index (κ2) is 12.0. The number of nitrogens with zero attached hydrogens (tertiary/aromatic N) is 1. The Balaban J connectivity index is 5.45. The highest BCUT2D eigenvalue weighted by Gasteiger charge is 2.46. The van der Waals surface area contributed by atoms with E-state index in [0.717, 1.165) is 19.3 Å². The minimum absolute atomic E-state index is 0.113. The van der Waals surface area contributed by atoms with Gasteiger partial charge in [-0.2, -0.15) is 0 Å². The summed E-state index contributed by atoms with van der Waals surface area (Å²) in [5, 5.41) is 30.8. The summed E-state index contributed by atoms with van der Waals surface area (Å²) in [6.45, 7) is 5.81. The molecule has 0 spiro atoms. The number of carbonyl (C=O) groups excluding carboxylic acids is 1. The topological polar surface area (TPSA) is 97.7 Å². The lowest BCUT2D eigenvalue weighted by atomic mass is 9.99. The van der Waals surface area contributed by atoms with E-state index in [4.69, 9.17) is 0 Å². The Labute approximate surface area is 145 Å². The zero-order valence-electron chi connectivity index (χ0n) is 15.2. The Kier molecular flexibility index (Phi) is 11.3. The molecule has 3 unspecified atom stereocenters. The number of aliphatic carboxylic acids is 2. The third-order valence-electron chi connectivity index (χ3n) is 4.69. The normalized spacial score (nSPS) is 16.7. The molecule has 0 saturated carbocycles. The van der Waals surface area contributed by atoms with Gasteiger partial charge in [-0.3, -0.25) is 0 Å². The zero-order chi connectivity index (χ0) is 18.6. The Bertz CT molecular complexity index is 386. The third-order valence-corrected chi connectivity index (χ3v) is 4.69. The number of aliphatic hydroxyl groups excluding tert-OH is 1. The van der Waals surface area contributed by atoms with Crippen molar-refractivity contribution in [2.45, 2.75) is 71.4 Å². The summed E-state index contributed by atoms with van der Waals surface area (Å²) in [6.07, 6.45) is 8.20. The lowest BCUT2D eigenvalue weighted by Crippen LogP contribution is -2.69. The van der Waals surface area contributed by atoms with Gasteiger partial charge in [0.1, 0.15) is 12.6 Å². The van der Waals surface area contributed by atoms with Gasteiger partial charge in [-0.15, -0.1) is 0 Å². The largest absolute Gasteiger partial charge is 0.544 e. The molecule has 0 rings (SSSR count). The highest BCUT2D eigenvalue weighted by molar-refractivity contribution is 5.74. The lowest BCUT2D eigenvalue weighted by molar-refractivity contribution is -0.960. The van der Waals surface area contributed by atoms with Crippen LogP contribution in [0.15, 0.2) is 12.2 Å². The van der Waals surface area contributed by atoms with Gasteiger partial charge in [0.15, 0.2) is 6.04 Å². The number of hydrogen-bond acceptors (Lipinski definition) is 4. The molecule has 0 bridgehead atoms. The van der Waals surface area contributed by atoms with E-state index >= 15 is 0 Å². The van der Waals surface area contributed by atoms with Crippen LogP contribution in [-0.2, 0) is 9.59 Å². The number of allylic oxidation sites excluding steroid dienone is 2. The van der Waals surface area contributed by atoms with Crippen molar-refractivity contribution >= 4 is 11.9 Å². The van der Waals surface area contributed by atoms with Crippen LogP contribution < -0.4 is 5.11 Å². The van der Waals surface area contributed by atoms with Crippen LogP contribution in [-0.4, -0.2) is 58.4 Å². The molecule has 0 fully saturated rings. The van der Waals surface area contributed by atoms with Crippen LogP contribution in [0.2, 0.25) is 0 Å². The summed E-state index contributed by atoms with van der Waals surface area (Å²) >= 11 is 0. The fourth-order valence-corrected chi connectivity index (χ4v) is 3.59. The van der Waals surface area contributed by atoms with Crippen LogP contribution in [0.4, 0.5) is 0 Å². The molecule has 0 amide bonds. The molecule has 140 valence electrons. The van der Waals surface area contributed by atoms with Crippen LogP contribution in [0.3, 0.4) is 0 Å². The van der Waals surface area contributed by atoms with Crippen molar-refractivity contribution in [1.82, 2.24) is 0 Å². The molecule has 0 aromatic heterocycles. The number of aliphatic hydroxyl groups is 1. The number of rotatable bonds is 14. The van der Waals surface area contributed by atoms with Crippen molar-refractivity contribution < 1.29 is 29.4 Å². The summed E-state index contributed by atoms with van der Waals surface area (Å²) in [5.74, 6) is -2.26. The average Bonchev–Trinajstić information content (AvgIpc) is 2.51. The van der Waals surface area contributed by atoms with Gasteiger partial charge < -0.3 is 24.6 Å². The van der Waals surface area contributed by atoms with Crippen LogP contribution in [0, 0.1) is 0 Å². The Hall–Kier alpha value is -1.40. The van der Waals surface area contributed by atoms with Crippen LogP contribution >= 0.6 is 0 Å². The number of carboxylic acids is 2. The number of quaternary nitrogens is 1. The number of unbranched alkanes of at least 4 members (excludes halogenated alkanes) is 2. The van der Waals surface area contributed by atoms with E-state index in [1.165, 1.54) is 0 Å². The monoisotopic (exact) mass is 343 g/mol. The second-order valence-electron chi connectivity index (χ2n) is 6.15. The summed E-state index contributed by atoms with van der Waals surface area (Å²) in [4.78, 5) is 23.4. The van der Waals surface area contributed by atoms with Crippen LogP contribution in [0.1, 0.15) is 59.3 Å². The van der Waals surface area contributed by atoms with Crippen molar-refractivity contribution in [3.8, 4) is 0 Å². The standard InChI is InChI=1S/C18H33NO5/c1-4-7-8-9-10-11-12-19(13-14-20,15(5-2)17(21)22)16(6-3)18(23)24/h7-8,15-16,20H,4-6,9-14H2,1-3H3,(H-,21,22,23,24)/b8-7+. The van der Waals surface area contributed by atoms with E-state index < -0.39 is 24.0 Å². The lowest BCUT2D eigenvalue weighted by Gasteiger charge is -2.48. The summed E-state index contributed by atoms with van der Waals surface area (Å²) in [6, 6.07) is -1.78. The highest BCUT2D eigenvalue weighted by Crippen LogP contribution is 2.26. The number of hydrogen-bond donors (Lipinski definition) is 2. The molecule has 0 saturated heterocycles. The Morgan fingerprint density at radius 2 is 1.67 bits per heavy atom. The Morgan fingerprint density at radius 3 is 2.08 bits per heavy atom. The second-order valence-corrected chi connectivity index (χ2v) is 6.15. The average molecular weight is 343 g/mol. The highest BCUT2D eigenvalue weighted by atomic mass is 16.4. The summed E-state index contributed by atoms with van der Waals surface area (Å²) in [7, 11) is 0. The van der Waals surface area contributed by atoms with E-state index in [9.17, 15) is 24.9 Å². The molecule has 0 radical (unpaired) electrons. The van der Waals surface area contributed by atoms with E-state index in [-0.39, 0.29) is 24.1 Å². The predicted molar refractivity (Wildman–Crippen MR) is 91.2 cm³/mol. The van der Waals surface area contributed by atoms with E-state index in [0.29, 0.717) is 19.4 Å². The van der Waals surface area contributed by atoms with Gasteiger partial charge in [-0.1, -0.05) is 32.9 Å². The van der Waals surface area contributed by atoms with Gasteiger partial charge in [-0.25, -0.2) is 4.79 Å². The van der Waals surface area contributed by atoms with Crippen LogP contribution in [0.5, 0.6) is 0 Å². The molecular weight excluding hydrogens is 310 g/mol. The minimum Gasteiger partial charge on any atom is -0.544 e. The molecular formula is C18H33NO5. The van der Waals surface area contributed by atoms with E-state index in [2.05, 4.69) is 19.1 Å². The van der Waals surface area contributed by atoms with Crippen molar-refractivity contribution in [3.63, 3.8) is 0 Å². The maximum absolute atomic E-state index is 11.7. The van der Waals surface area contributed by atoms with Crippen LogP contribution in [0.25, 0.3) is 0 Å². The molecule has 0 aliphatic rings. The van der Waals surface area contributed by atoms with Gasteiger partial charge in [0, 0.05) is 12.8 Å². The van der Waals surface area contributed by atoms with E-state index in [1.54, 1.807) is 13.8 Å². The molecule has 0 aromatic carbocycles. The quantitative estimate of drug-likeness (QED) is 0.282. The van der Waals surface area contributed by atoms with Gasteiger partial charge in [-0.05, 0) is 25.7 Å². The first-order valence-electron chi connectivity index (χ1n) is 8.97. The fourth-order valence-electron chi connectivity index (χ4n) is 3.59. The number of carboxylic acid groups (broad SMARTS) is 2. The molecule has 6 nitrogen and oxygen atoms in total. The van der Waals surface area contributed by atoms with Crippen molar-refractivity contribution in [2.75, 3.05) is 19.7 Å². The third kappa shape index (κ3) is 6.24. The predicted octanol–water partition coefficient (Wildman–Crippen LogP) is 1.32. The SMILES string of the molecule is CC/C=C/CCCC[N+](CCO)(C(CC)C(=O)[O-])C(CC)C(=O)O. The molecule has 0 heterocycles. The molecule has 24 heavy (non-hydrogen) atoms. The Morgan fingerprint density at radius 1 is 1.04 bits per heavy atom. The first-order valence-corrected chi connectivity index (χ1v) is 8.97. The zero-order valence-corrected chi connectivity index (χ0v) is 15.2. The summed E-state index contributed by atoms with van der Waals surface area (Å²) < 4.78 is -0.140. The maximum atomic E-state index is 11.7. The van der Waals surface area contributed by atoms with Gasteiger partial charge in [0.2, 0.25) is 0 Å². The molecule has 0 aliphatic heterocycles. The van der Waals surface area contributed by atoms with Crippen molar-refractivity contribution in [2.24, 2.45) is 0 Å². The molecule has 6 heteroatoms. The van der Waals surface area contributed by atoms with Crippen molar-refractivity contribution in [3.05, 3.63) is 12.2 Å². The van der Waals surface area contributed by atoms with E-state index in [1.807, 2.05) is 0 Å². The van der Waals surface area contributed by atoms with Gasteiger partial charge in [0.25, 0.3) is 0 Å². The first-order chi connectivity index (χ1) is 11.4. The maximum Gasteiger partial charge on any atom is 0.362 e. The fraction of sp³-hybridized carbons (Fsp3) is 0.778. The van der Waals surface area contributed by atoms with Gasteiger partial charge in [0.05, 0.1) is 19.1 Å². The molecule has 3 atom stereocenters. The first kappa shape index (κ1) is 22.6. The molecule has 0 aromatic rings. The molecule has 0 aliphatic carbocycles. The number of carbonyl (C=O) groups is 2. The van der Waals surface area contributed by atoms with Crippen molar-refractivity contribution in [1.29, 1.82) is 0 Å². The smallest absolute Gasteiger partial charge is 0.362 e.